The van der Waals surface area contributed by atoms with Gasteiger partial charge in [-0.2, -0.15) is 5.10 Å². The van der Waals surface area contributed by atoms with Crippen molar-refractivity contribution in [2.75, 3.05) is 0 Å². The monoisotopic (exact) mass is 319 g/mol. The van der Waals surface area contributed by atoms with Crippen LogP contribution in [0.5, 0.6) is 0 Å². The van der Waals surface area contributed by atoms with Gasteiger partial charge in [-0.05, 0) is 6.42 Å². The first-order valence-corrected chi connectivity index (χ1v) is 8.57. The summed E-state index contributed by atoms with van der Waals surface area (Å²) >= 11 is 1.47. The van der Waals surface area contributed by atoms with Gasteiger partial charge in [-0.15, -0.1) is 11.3 Å². The summed E-state index contributed by atoms with van der Waals surface area (Å²) < 4.78 is 1.93. The minimum Gasteiger partial charge on any atom is -0.347 e. The van der Waals surface area contributed by atoms with Crippen LogP contribution < -0.4 is 5.32 Å². The van der Waals surface area contributed by atoms with Gasteiger partial charge in [0.25, 0.3) is 5.91 Å². The summed E-state index contributed by atoms with van der Waals surface area (Å²) in [5.74, 6) is 2.23. The third-order valence-corrected chi connectivity index (χ3v) is 5.09. The predicted octanol–water partition coefficient (Wildman–Crippen LogP) is 2.17. The molecule has 1 N–H and O–H groups in total. The standard InChI is InChI=1S/C15H21N5OS/c1-4-12-18-13-6-5-10(8-20(13)19-12)17-14(21)11-7-16-15(22-11)9(2)3/h7,9-10H,4-6,8H2,1-3H3,(H,17,21). The zero-order valence-electron chi connectivity index (χ0n) is 13.2. The zero-order chi connectivity index (χ0) is 15.7. The van der Waals surface area contributed by atoms with E-state index in [0.717, 1.165) is 35.9 Å². The predicted molar refractivity (Wildman–Crippen MR) is 85.2 cm³/mol. The summed E-state index contributed by atoms with van der Waals surface area (Å²) in [6.07, 6.45) is 4.28. The van der Waals surface area contributed by atoms with E-state index in [1.807, 2.05) is 4.68 Å². The summed E-state index contributed by atoms with van der Waals surface area (Å²) in [6.45, 7) is 6.92. The summed E-state index contributed by atoms with van der Waals surface area (Å²) in [6, 6.07) is 0.107. The second-order valence-corrected chi connectivity index (χ2v) is 6.97. The van der Waals surface area contributed by atoms with Crippen molar-refractivity contribution in [2.45, 2.75) is 58.5 Å². The van der Waals surface area contributed by atoms with Gasteiger partial charge >= 0.3 is 0 Å². The van der Waals surface area contributed by atoms with E-state index in [2.05, 4.69) is 41.2 Å². The highest BCUT2D eigenvalue weighted by Crippen LogP contribution is 2.21. The van der Waals surface area contributed by atoms with Gasteiger partial charge in [0.05, 0.1) is 17.7 Å². The minimum atomic E-state index is -0.0336. The lowest BCUT2D eigenvalue weighted by molar-refractivity contribution is 0.0930. The smallest absolute Gasteiger partial charge is 0.263 e. The fourth-order valence-electron chi connectivity index (χ4n) is 2.54. The number of hydrogen-bond donors (Lipinski definition) is 1. The van der Waals surface area contributed by atoms with E-state index in [1.165, 1.54) is 11.3 Å². The molecule has 0 fully saturated rings. The molecular formula is C15H21N5OS. The van der Waals surface area contributed by atoms with E-state index < -0.39 is 0 Å². The number of aromatic nitrogens is 4. The molecule has 1 aliphatic heterocycles. The van der Waals surface area contributed by atoms with Crippen LogP contribution in [0.25, 0.3) is 0 Å². The van der Waals surface area contributed by atoms with Crippen LogP contribution >= 0.6 is 11.3 Å². The fraction of sp³-hybridized carbons (Fsp3) is 0.600. The van der Waals surface area contributed by atoms with Crippen molar-refractivity contribution in [3.8, 4) is 0 Å². The van der Waals surface area contributed by atoms with E-state index in [0.29, 0.717) is 17.3 Å². The minimum absolute atomic E-state index is 0.0336. The Hall–Kier alpha value is -1.76. The maximum absolute atomic E-state index is 12.3. The average molecular weight is 319 g/mol. The number of carbonyl (C=O) groups excluding carboxylic acids is 1. The summed E-state index contributed by atoms with van der Waals surface area (Å²) in [7, 11) is 0. The van der Waals surface area contributed by atoms with E-state index in [4.69, 9.17) is 0 Å². The first kappa shape index (κ1) is 15.1. The largest absolute Gasteiger partial charge is 0.347 e. The van der Waals surface area contributed by atoms with Gasteiger partial charge in [-0.25, -0.2) is 14.6 Å². The molecular weight excluding hydrogens is 298 g/mol. The number of amides is 1. The first-order valence-electron chi connectivity index (χ1n) is 7.76. The van der Waals surface area contributed by atoms with Crippen LogP contribution in [0, 0.1) is 0 Å². The Kier molecular flexibility index (Phi) is 4.24. The molecule has 22 heavy (non-hydrogen) atoms. The number of nitrogens with one attached hydrogen (secondary N) is 1. The van der Waals surface area contributed by atoms with E-state index in [9.17, 15) is 4.79 Å². The van der Waals surface area contributed by atoms with Gasteiger partial charge in [0.1, 0.15) is 10.7 Å². The van der Waals surface area contributed by atoms with Gasteiger partial charge in [0.2, 0.25) is 0 Å². The molecule has 0 spiro atoms. The Balaban J connectivity index is 1.64. The fourth-order valence-corrected chi connectivity index (χ4v) is 3.37. The van der Waals surface area contributed by atoms with Crippen molar-refractivity contribution in [2.24, 2.45) is 0 Å². The Morgan fingerprint density at radius 1 is 1.55 bits per heavy atom. The number of rotatable bonds is 4. The third kappa shape index (κ3) is 3.04. The molecule has 0 radical (unpaired) electrons. The van der Waals surface area contributed by atoms with E-state index >= 15 is 0 Å². The van der Waals surface area contributed by atoms with Crippen LogP contribution in [-0.2, 0) is 19.4 Å². The zero-order valence-corrected chi connectivity index (χ0v) is 14.0. The van der Waals surface area contributed by atoms with Gasteiger partial charge in [0.15, 0.2) is 5.82 Å². The number of carbonyl (C=O) groups is 1. The first-order chi connectivity index (χ1) is 10.6. The van der Waals surface area contributed by atoms with Gasteiger partial charge in [0, 0.05) is 24.8 Å². The van der Waals surface area contributed by atoms with Crippen molar-refractivity contribution in [3.05, 3.63) is 27.7 Å². The second kappa shape index (κ2) is 6.16. The van der Waals surface area contributed by atoms with Crippen LogP contribution in [0.2, 0.25) is 0 Å². The molecule has 2 aromatic heterocycles. The van der Waals surface area contributed by atoms with Crippen molar-refractivity contribution >= 4 is 17.2 Å². The highest BCUT2D eigenvalue weighted by atomic mass is 32.1. The van der Waals surface area contributed by atoms with Crippen LogP contribution in [0.4, 0.5) is 0 Å². The molecule has 1 atom stereocenters. The second-order valence-electron chi connectivity index (χ2n) is 5.91. The molecule has 1 unspecified atom stereocenters. The molecule has 7 heteroatoms. The lowest BCUT2D eigenvalue weighted by Crippen LogP contribution is -2.41. The van der Waals surface area contributed by atoms with Crippen molar-refractivity contribution in [1.29, 1.82) is 0 Å². The Morgan fingerprint density at radius 3 is 3.05 bits per heavy atom. The number of thiazole rings is 1. The molecule has 0 saturated carbocycles. The molecule has 0 bridgehead atoms. The Labute approximate surface area is 134 Å². The summed E-state index contributed by atoms with van der Waals surface area (Å²) in [5.41, 5.74) is 0. The van der Waals surface area contributed by atoms with Crippen molar-refractivity contribution in [3.63, 3.8) is 0 Å². The molecule has 6 nitrogen and oxygen atoms in total. The van der Waals surface area contributed by atoms with Crippen molar-refractivity contribution in [1.82, 2.24) is 25.1 Å². The maximum Gasteiger partial charge on any atom is 0.263 e. The number of aryl methyl sites for hydroxylation is 2. The molecule has 3 heterocycles. The van der Waals surface area contributed by atoms with Crippen LogP contribution in [0.1, 0.15) is 59.4 Å². The molecule has 1 aliphatic rings. The van der Waals surface area contributed by atoms with Crippen molar-refractivity contribution < 1.29 is 4.79 Å². The Morgan fingerprint density at radius 2 is 2.36 bits per heavy atom. The topological polar surface area (TPSA) is 72.7 Å². The SMILES string of the molecule is CCc1nc2n(n1)CC(NC(=O)c1cnc(C(C)C)s1)CC2. The molecule has 1 amide bonds. The molecule has 0 aliphatic carbocycles. The van der Waals surface area contributed by atoms with Gasteiger partial charge in [-0.1, -0.05) is 20.8 Å². The molecule has 3 rings (SSSR count). The molecule has 2 aromatic rings. The highest BCUT2D eigenvalue weighted by Gasteiger charge is 2.23. The molecule has 0 aromatic carbocycles. The summed E-state index contributed by atoms with van der Waals surface area (Å²) in [4.78, 5) is 21.8. The highest BCUT2D eigenvalue weighted by molar-refractivity contribution is 7.13. The van der Waals surface area contributed by atoms with E-state index in [1.54, 1.807) is 6.20 Å². The number of nitrogens with zero attached hydrogens (tertiary/aromatic N) is 4. The van der Waals surface area contributed by atoms with Crippen LogP contribution in [0.15, 0.2) is 6.20 Å². The van der Waals surface area contributed by atoms with Crippen LogP contribution in [0.3, 0.4) is 0 Å². The number of hydrogen-bond acceptors (Lipinski definition) is 5. The Bertz CT molecular complexity index is 675. The van der Waals surface area contributed by atoms with Gasteiger partial charge in [-0.3, -0.25) is 4.79 Å². The average Bonchev–Trinajstić information content (AvgIpc) is 3.13. The maximum atomic E-state index is 12.3. The third-order valence-electron chi connectivity index (χ3n) is 3.79. The summed E-state index contributed by atoms with van der Waals surface area (Å²) in [5, 5.41) is 8.57. The van der Waals surface area contributed by atoms with E-state index in [-0.39, 0.29) is 11.9 Å². The van der Waals surface area contributed by atoms with Gasteiger partial charge < -0.3 is 5.32 Å². The lowest BCUT2D eigenvalue weighted by atomic mass is 10.1. The molecule has 118 valence electrons. The lowest BCUT2D eigenvalue weighted by Gasteiger charge is -2.23. The van der Waals surface area contributed by atoms with Crippen LogP contribution in [-0.4, -0.2) is 31.7 Å². The molecule has 0 saturated heterocycles. The normalized spacial score (nSPS) is 17.5. The quantitative estimate of drug-likeness (QED) is 0.937. The number of fused-ring (bicyclic) bond motifs is 1.